The number of carbonyl (C=O) groups excluding carboxylic acids is 9. The predicted molar refractivity (Wildman–Crippen MR) is 558 cm³/mol. The molecule has 0 aliphatic carbocycles. The van der Waals surface area contributed by atoms with Gasteiger partial charge in [0.2, 0.25) is 0 Å². The summed E-state index contributed by atoms with van der Waals surface area (Å²) in [7, 11) is 1.54. The lowest BCUT2D eigenvalue weighted by molar-refractivity contribution is 0.0539. The second kappa shape index (κ2) is 49.6. The number of amides is 9. The van der Waals surface area contributed by atoms with Crippen LogP contribution in [-0.2, 0) is 50.2 Å². The molecule has 31 heteroatoms. The Hall–Kier alpha value is -14.2. The normalized spacial score (nSPS) is 14.1. The van der Waals surface area contributed by atoms with E-state index < -0.39 is 29.9 Å². The number of furan rings is 2. The molecule has 756 valence electrons. The standard InChI is InChI=1S/C40H45N5O5.C37H45N5O6.C36H43N5O4S/c1-5-7-19-43(20-8-6-2)40(49)34-21-26(3)45(42-34)35-18-17-30(41-38(47)37-27(4)32-15-11-12-16-36(32)50-37)23-33(35)39(48)44-24-29-14-10-9-13-28(29)22-31(44)25-46;1-5-7-17-40(18-8-6-2)37(46)32-19-25(3)42(39-32)33-15-13-28(38-35(44)34-16-14-30(48-34)24-47-4)21-31(33)36(45)41-22-27-12-10-9-11-26(27)20-29(41)23-43;1-5-7-16-39(17-8-6-2)36(45)31-19-25(4)41(38-31)32-14-13-28(37-34(43)33-24(3)15-18-46-33)21-30(32)35(44)40-22-27-12-10-9-11-26(27)20-29(40)23-42/h9-18,21,23,31,46H,5-8,19-20,22,24-25H2,1-4H3,(H,41,47);9-16,19,21,29,43H,5-8,17-18,20,22-24H2,1-4H3,(H,38,44);9-15,18-19,21,29,42H,5-8,16-17,20,22-23H2,1-4H3,(H,37,43)/t31-;2*29-/m000/s1. The summed E-state index contributed by atoms with van der Waals surface area (Å²) in [6, 6.07) is 55.6. The number of unbranched alkanes of at least 4 members (excludes halogenated alkanes) is 6. The van der Waals surface area contributed by atoms with Gasteiger partial charge in [-0.3, -0.25) is 43.2 Å². The minimum absolute atomic E-state index is 0.105. The zero-order valence-electron chi connectivity index (χ0n) is 84.5. The Bertz CT molecular complexity index is 6710. The average molecular weight is 1970 g/mol. The first-order chi connectivity index (χ1) is 69.7. The van der Waals surface area contributed by atoms with E-state index in [0.29, 0.717) is 168 Å². The van der Waals surface area contributed by atoms with Crippen molar-refractivity contribution in [2.75, 3.05) is 82.1 Å². The molecule has 9 heterocycles. The van der Waals surface area contributed by atoms with Gasteiger partial charge in [0.15, 0.2) is 28.6 Å². The monoisotopic (exact) mass is 1970 g/mol. The number of aryl methyl sites for hydroxylation is 5. The summed E-state index contributed by atoms with van der Waals surface area (Å²) in [4.78, 5) is 136. The predicted octanol–water partition coefficient (Wildman–Crippen LogP) is 19.3. The van der Waals surface area contributed by atoms with E-state index in [9.17, 15) is 58.5 Å². The number of nitrogens with zero attached hydrogens (tertiary/aromatic N) is 12. The van der Waals surface area contributed by atoms with Crippen LogP contribution in [0.2, 0.25) is 0 Å². The number of rotatable bonds is 38. The van der Waals surface area contributed by atoms with Crippen molar-refractivity contribution in [1.82, 2.24) is 58.7 Å². The van der Waals surface area contributed by atoms with E-state index in [0.717, 1.165) is 127 Å². The Morgan fingerprint density at radius 2 is 0.743 bits per heavy atom. The van der Waals surface area contributed by atoms with E-state index in [1.54, 1.807) is 121 Å². The largest absolute Gasteiger partial charge is 0.453 e. The number of nitrogens with one attached hydrogen (secondary N) is 3. The summed E-state index contributed by atoms with van der Waals surface area (Å²) < 4.78 is 21.5. The van der Waals surface area contributed by atoms with Crippen LogP contribution in [0.5, 0.6) is 0 Å². The van der Waals surface area contributed by atoms with E-state index in [-0.39, 0.29) is 90.4 Å². The Kier molecular flexibility index (Phi) is 36.4. The molecule has 7 aromatic carbocycles. The van der Waals surface area contributed by atoms with Gasteiger partial charge >= 0.3 is 0 Å². The van der Waals surface area contributed by atoms with Crippen molar-refractivity contribution in [1.29, 1.82) is 0 Å². The number of thiophene rings is 1. The minimum Gasteiger partial charge on any atom is -0.453 e. The van der Waals surface area contributed by atoms with Gasteiger partial charge in [0.25, 0.3) is 53.2 Å². The lowest BCUT2D eigenvalue weighted by Gasteiger charge is -2.36. The van der Waals surface area contributed by atoms with Crippen LogP contribution >= 0.6 is 11.3 Å². The number of ether oxygens (including phenoxy) is 1. The van der Waals surface area contributed by atoms with Crippen LogP contribution in [0.1, 0.15) is 279 Å². The highest BCUT2D eigenvalue weighted by molar-refractivity contribution is 7.12. The molecule has 0 radical (unpaired) electrons. The lowest BCUT2D eigenvalue weighted by Crippen LogP contribution is -2.46. The van der Waals surface area contributed by atoms with Gasteiger partial charge in [-0.2, -0.15) is 15.3 Å². The second-order valence-electron chi connectivity index (χ2n) is 37.2. The molecule has 30 nitrogen and oxygen atoms in total. The summed E-state index contributed by atoms with van der Waals surface area (Å²) in [6.45, 7) is 26.5. The molecule has 0 spiro atoms. The third-order valence-corrected chi connectivity index (χ3v) is 27.8. The van der Waals surface area contributed by atoms with E-state index in [1.165, 1.54) is 11.3 Å². The van der Waals surface area contributed by atoms with Crippen LogP contribution in [0.25, 0.3) is 28.0 Å². The molecule has 9 amide bonds. The maximum Gasteiger partial charge on any atom is 0.291 e. The summed E-state index contributed by atoms with van der Waals surface area (Å²) in [5, 5.41) is 56.8. The fraction of sp³-hybridized carbons (Fsp3) is 0.381. The molecule has 6 N–H and O–H groups in total. The molecule has 3 aliphatic heterocycles. The molecule has 6 aromatic heterocycles. The average Bonchev–Trinajstić information content (AvgIpc) is 1.48. The number of anilines is 3. The number of fused-ring (bicyclic) bond motifs is 4. The zero-order valence-corrected chi connectivity index (χ0v) is 85.3. The van der Waals surface area contributed by atoms with Crippen LogP contribution < -0.4 is 16.0 Å². The Labute approximate surface area is 845 Å². The van der Waals surface area contributed by atoms with Crippen LogP contribution in [0, 0.1) is 34.6 Å². The highest BCUT2D eigenvalue weighted by Gasteiger charge is 2.38. The quantitative estimate of drug-likeness (QED) is 0.0209. The number of hydrogen-bond donors (Lipinski definition) is 6. The Morgan fingerprint density at radius 1 is 0.403 bits per heavy atom. The van der Waals surface area contributed by atoms with Gasteiger partial charge < -0.3 is 74.2 Å². The van der Waals surface area contributed by atoms with Crippen LogP contribution in [0.3, 0.4) is 0 Å². The SMILES string of the molecule is CCCCN(CCCC)C(=O)c1cc(C)n(-c2ccc(NC(=O)c3ccc(COC)o3)cc2C(=O)N2Cc3ccccc3C[C@H]2CO)n1.CCCCN(CCCC)C(=O)c1cc(C)n(-c2ccc(NC(=O)c3oc4ccccc4c3C)cc2C(=O)N2Cc3ccccc3C[C@H]2CO)n1.CCCCN(CCCC)C(=O)c1cc(C)n(-c2ccc(NC(=O)c3sccc3C)cc2C(=O)N2Cc3ccccc3C[C@H]2CO)n1. The van der Waals surface area contributed by atoms with Crippen molar-refractivity contribution >= 4 is 92.5 Å². The number of hydrogen-bond acceptors (Lipinski definition) is 19. The fourth-order valence-corrected chi connectivity index (χ4v) is 19.4. The smallest absolute Gasteiger partial charge is 0.291 e. The molecule has 144 heavy (non-hydrogen) atoms. The molecule has 3 aliphatic rings. The minimum atomic E-state index is -0.481. The third-order valence-electron chi connectivity index (χ3n) is 26.8. The number of aliphatic hydroxyl groups is 3. The van der Waals surface area contributed by atoms with Crippen molar-refractivity contribution in [3.05, 3.63) is 311 Å². The first-order valence-corrected chi connectivity index (χ1v) is 51.1. The maximum absolute atomic E-state index is 14.6. The molecule has 0 saturated carbocycles. The molecular weight excluding hydrogens is 1840 g/mol. The van der Waals surface area contributed by atoms with Crippen LogP contribution in [0.15, 0.2) is 202 Å². The van der Waals surface area contributed by atoms with Gasteiger partial charge in [-0.25, -0.2) is 14.0 Å². The van der Waals surface area contributed by atoms with Gasteiger partial charge in [0.1, 0.15) is 18.0 Å². The number of carbonyl (C=O) groups is 9. The van der Waals surface area contributed by atoms with Crippen molar-refractivity contribution < 1.29 is 72.0 Å². The van der Waals surface area contributed by atoms with Gasteiger partial charge in [-0.15, -0.1) is 11.3 Å². The maximum atomic E-state index is 14.6. The zero-order chi connectivity index (χ0) is 102. The van der Waals surface area contributed by atoms with E-state index >= 15 is 0 Å². The van der Waals surface area contributed by atoms with Crippen molar-refractivity contribution in [2.45, 2.75) is 217 Å². The van der Waals surface area contributed by atoms with Crippen molar-refractivity contribution in [2.24, 2.45) is 0 Å². The summed E-state index contributed by atoms with van der Waals surface area (Å²) >= 11 is 1.36. The molecule has 0 unspecified atom stereocenters. The van der Waals surface area contributed by atoms with Crippen LogP contribution in [-0.4, -0.2) is 212 Å². The molecule has 3 atom stereocenters. The first-order valence-electron chi connectivity index (χ1n) is 50.3. The van der Waals surface area contributed by atoms with Gasteiger partial charge in [0, 0.05) is 111 Å². The number of para-hydroxylation sites is 1. The summed E-state index contributed by atoms with van der Waals surface area (Å²) in [5.74, 6) is -1.70. The topological polar surface area (TPSA) is 359 Å². The highest BCUT2D eigenvalue weighted by atomic mass is 32.1. The van der Waals surface area contributed by atoms with Gasteiger partial charge in [-0.1, -0.05) is 171 Å². The number of aromatic nitrogens is 6. The van der Waals surface area contributed by atoms with Crippen molar-refractivity contribution in [3.8, 4) is 17.1 Å². The molecule has 13 aromatic rings. The second-order valence-corrected chi connectivity index (χ2v) is 38.1. The lowest BCUT2D eigenvalue weighted by atomic mass is 9.93. The van der Waals surface area contributed by atoms with E-state index in [4.69, 9.17) is 28.9 Å². The Balaban J connectivity index is 0.000000171. The van der Waals surface area contributed by atoms with Crippen LogP contribution in [0.4, 0.5) is 17.1 Å². The number of methoxy groups -OCH3 is 1. The molecule has 0 fully saturated rings. The summed E-state index contributed by atoms with van der Waals surface area (Å²) in [6.07, 6.45) is 12.9. The number of aliphatic hydroxyl groups excluding tert-OH is 3. The molecule has 16 rings (SSSR count). The molecule has 0 bridgehead atoms. The van der Waals surface area contributed by atoms with E-state index in [1.807, 2.05) is 158 Å². The third kappa shape index (κ3) is 24.6. The number of benzene rings is 7. The summed E-state index contributed by atoms with van der Waals surface area (Å²) in [5.41, 5.74) is 15.1. The van der Waals surface area contributed by atoms with Crippen molar-refractivity contribution in [3.63, 3.8) is 0 Å². The first kappa shape index (κ1) is 106. The van der Waals surface area contributed by atoms with Gasteiger partial charge in [0.05, 0.1) is 76.6 Å². The molecular formula is C113H133N15O15S. The highest BCUT2D eigenvalue weighted by Crippen LogP contribution is 2.37. The fourth-order valence-electron chi connectivity index (χ4n) is 18.6. The van der Waals surface area contributed by atoms with E-state index in [2.05, 4.69) is 57.5 Å². The molecule has 0 saturated heterocycles. The Morgan fingerprint density at radius 3 is 1.08 bits per heavy atom. The van der Waals surface area contributed by atoms with Gasteiger partial charge in [-0.05, 0) is 234 Å².